The average Bonchev–Trinajstić information content (AvgIpc) is 2.57. The van der Waals surface area contributed by atoms with Crippen LogP contribution < -0.4 is 10.4 Å². The molecule has 0 aromatic heterocycles. The molecule has 0 aliphatic rings. The van der Waals surface area contributed by atoms with Crippen molar-refractivity contribution in [1.29, 1.82) is 0 Å². The van der Waals surface area contributed by atoms with Gasteiger partial charge in [-0.1, -0.05) is 58.0 Å². The summed E-state index contributed by atoms with van der Waals surface area (Å²) in [5, 5.41) is 23.4. The lowest BCUT2D eigenvalue weighted by Gasteiger charge is -2.37. The Morgan fingerprint density at radius 3 is 2.04 bits per heavy atom. The van der Waals surface area contributed by atoms with Gasteiger partial charge in [0.1, 0.15) is 12.1 Å². The van der Waals surface area contributed by atoms with Gasteiger partial charge in [0.15, 0.2) is 6.10 Å². The van der Waals surface area contributed by atoms with E-state index in [9.17, 15) is 33.0 Å². The van der Waals surface area contributed by atoms with Crippen LogP contribution in [0.5, 0.6) is 0 Å². The molecule has 2 N–H and O–H groups in total. The molecule has 0 fully saturated rings. The number of carbonyl (C=O) groups excluding carboxylic acids is 2. The summed E-state index contributed by atoms with van der Waals surface area (Å²) in [5.41, 5.74) is 0.598. The minimum absolute atomic E-state index is 0.159. The molecule has 0 radical (unpaired) electrons. The first-order chi connectivity index (χ1) is 12.9. The molecule has 28 heavy (non-hydrogen) atoms. The Bertz CT molecular complexity index is 650. The van der Waals surface area contributed by atoms with Gasteiger partial charge in [0.05, 0.1) is 6.04 Å². The number of halogens is 3. The molecule has 6 nitrogen and oxygen atoms in total. The molecule has 1 aromatic carbocycles. The maximum Gasteiger partial charge on any atom is 0.416 e. The second-order valence-corrected chi connectivity index (χ2v) is 7.33. The first-order valence-corrected chi connectivity index (χ1v) is 8.93. The number of nitrogens with one attached hydrogen (secondary N) is 1. The fourth-order valence-corrected chi connectivity index (χ4v) is 2.92. The summed E-state index contributed by atoms with van der Waals surface area (Å²) in [6.07, 6.45) is -9.31. The normalized spacial score (nSPS) is 15.2. The number of aliphatic hydroxyl groups excluding tert-OH is 1. The smallest absolute Gasteiger partial charge is 0.416 e. The Morgan fingerprint density at radius 1 is 1.11 bits per heavy atom. The van der Waals surface area contributed by atoms with E-state index in [0.29, 0.717) is 5.56 Å². The number of hydrogen-bond donors (Lipinski definition) is 2. The van der Waals surface area contributed by atoms with Crippen LogP contribution in [0.4, 0.5) is 18.0 Å². The SMILES string of the molecule is CC(C)[C@@H](NC(=O)[C@H](C(C)C)N(Cc1ccccc1)C(=O)[O-])[C@@H](O)C(F)(F)F. The highest BCUT2D eigenvalue weighted by atomic mass is 19.4. The lowest BCUT2D eigenvalue weighted by molar-refractivity contribution is -0.269. The first-order valence-electron chi connectivity index (χ1n) is 8.93. The summed E-state index contributed by atoms with van der Waals surface area (Å²) in [6, 6.07) is 5.56. The fourth-order valence-electron chi connectivity index (χ4n) is 2.92. The number of carbonyl (C=O) groups is 2. The van der Waals surface area contributed by atoms with Crippen LogP contribution in [0.25, 0.3) is 0 Å². The second-order valence-electron chi connectivity index (χ2n) is 7.33. The first kappa shape index (κ1) is 23.7. The molecule has 2 amide bonds. The van der Waals surface area contributed by atoms with E-state index in [4.69, 9.17) is 0 Å². The predicted octanol–water partition coefficient (Wildman–Crippen LogP) is 1.92. The fraction of sp³-hybridized carbons (Fsp3) is 0.579. The van der Waals surface area contributed by atoms with Gasteiger partial charge >= 0.3 is 6.18 Å². The highest BCUT2D eigenvalue weighted by Gasteiger charge is 2.46. The van der Waals surface area contributed by atoms with Crippen molar-refractivity contribution < 1.29 is 33.0 Å². The molecule has 0 saturated heterocycles. The predicted molar refractivity (Wildman–Crippen MR) is 94.8 cm³/mol. The zero-order valence-electron chi connectivity index (χ0n) is 16.2. The minimum atomic E-state index is -4.92. The Hall–Kier alpha value is -2.29. The summed E-state index contributed by atoms with van der Waals surface area (Å²) in [6.45, 7) is 5.84. The van der Waals surface area contributed by atoms with E-state index in [-0.39, 0.29) is 6.54 Å². The number of rotatable bonds is 8. The third-order valence-corrected chi connectivity index (χ3v) is 4.37. The van der Waals surface area contributed by atoms with Crippen LogP contribution in [0.1, 0.15) is 33.3 Å². The summed E-state index contributed by atoms with van der Waals surface area (Å²) < 4.78 is 38.8. The monoisotopic (exact) mass is 403 g/mol. The Balaban J connectivity index is 3.12. The summed E-state index contributed by atoms with van der Waals surface area (Å²) in [7, 11) is 0. The van der Waals surface area contributed by atoms with E-state index in [1.54, 1.807) is 44.2 Å². The van der Waals surface area contributed by atoms with Gasteiger partial charge in [0.2, 0.25) is 5.91 Å². The molecule has 3 atom stereocenters. The van der Waals surface area contributed by atoms with Gasteiger partial charge in [-0.2, -0.15) is 13.2 Å². The molecule has 0 bridgehead atoms. The third-order valence-electron chi connectivity index (χ3n) is 4.37. The van der Waals surface area contributed by atoms with Gasteiger partial charge in [-0.25, -0.2) is 0 Å². The van der Waals surface area contributed by atoms with Crippen LogP contribution in [0, 0.1) is 11.8 Å². The Morgan fingerprint density at radius 2 is 1.64 bits per heavy atom. The zero-order valence-corrected chi connectivity index (χ0v) is 16.2. The molecule has 9 heteroatoms. The average molecular weight is 403 g/mol. The maximum absolute atomic E-state index is 12.9. The quantitative estimate of drug-likeness (QED) is 0.694. The molecular formula is C19H26F3N2O4-. The lowest BCUT2D eigenvalue weighted by Crippen LogP contribution is -2.60. The van der Waals surface area contributed by atoms with E-state index in [1.165, 1.54) is 13.8 Å². The van der Waals surface area contributed by atoms with Gasteiger partial charge in [0.25, 0.3) is 0 Å². The van der Waals surface area contributed by atoms with Crippen LogP contribution in [-0.2, 0) is 11.3 Å². The molecule has 1 aromatic rings. The van der Waals surface area contributed by atoms with Crippen molar-refractivity contribution in [2.24, 2.45) is 11.8 Å². The van der Waals surface area contributed by atoms with Crippen LogP contribution in [0.3, 0.4) is 0 Å². The van der Waals surface area contributed by atoms with Crippen LogP contribution in [0.2, 0.25) is 0 Å². The summed E-state index contributed by atoms with van der Waals surface area (Å²) >= 11 is 0. The molecule has 0 aliphatic heterocycles. The summed E-state index contributed by atoms with van der Waals surface area (Å²) in [5.74, 6) is -2.20. The number of aliphatic hydroxyl groups is 1. The Labute approximate surface area is 162 Å². The lowest BCUT2D eigenvalue weighted by atomic mass is 9.95. The van der Waals surface area contributed by atoms with Crippen molar-refractivity contribution in [1.82, 2.24) is 10.2 Å². The van der Waals surface area contributed by atoms with Crippen molar-refractivity contribution >= 4 is 12.0 Å². The molecule has 0 heterocycles. The number of benzene rings is 1. The van der Waals surface area contributed by atoms with E-state index in [1.807, 2.05) is 0 Å². The number of amides is 2. The van der Waals surface area contributed by atoms with Crippen molar-refractivity contribution in [3.05, 3.63) is 35.9 Å². The molecule has 1 rings (SSSR count). The van der Waals surface area contributed by atoms with Gasteiger partial charge < -0.3 is 25.2 Å². The zero-order chi connectivity index (χ0) is 21.6. The van der Waals surface area contributed by atoms with Crippen LogP contribution >= 0.6 is 0 Å². The van der Waals surface area contributed by atoms with Gasteiger partial charge in [-0.3, -0.25) is 4.79 Å². The van der Waals surface area contributed by atoms with Crippen LogP contribution in [-0.4, -0.2) is 46.4 Å². The van der Waals surface area contributed by atoms with Crippen molar-refractivity contribution in [2.75, 3.05) is 0 Å². The molecule has 0 saturated carbocycles. The maximum atomic E-state index is 12.9. The summed E-state index contributed by atoms with van der Waals surface area (Å²) in [4.78, 5) is 25.2. The van der Waals surface area contributed by atoms with E-state index in [0.717, 1.165) is 4.90 Å². The topological polar surface area (TPSA) is 92.7 Å². The van der Waals surface area contributed by atoms with E-state index < -0.39 is 48.2 Å². The van der Waals surface area contributed by atoms with Crippen LogP contribution in [0.15, 0.2) is 30.3 Å². The Kier molecular flexibility index (Phi) is 8.29. The molecule has 158 valence electrons. The largest absolute Gasteiger partial charge is 0.530 e. The number of hydrogen-bond acceptors (Lipinski definition) is 4. The van der Waals surface area contributed by atoms with E-state index >= 15 is 0 Å². The molecular weight excluding hydrogens is 377 g/mol. The van der Waals surface area contributed by atoms with Crippen molar-refractivity contribution in [3.63, 3.8) is 0 Å². The highest BCUT2D eigenvalue weighted by molar-refractivity contribution is 5.85. The van der Waals surface area contributed by atoms with Gasteiger partial charge in [0, 0.05) is 6.54 Å². The van der Waals surface area contributed by atoms with Crippen molar-refractivity contribution in [2.45, 2.75) is 58.6 Å². The second kappa shape index (κ2) is 9.77. The standard InChI is InChI=1S/C19H27F3N2O4/c1-11(2)14(16(25)19(20,21)22)23-17(26)15(12(3)4)24(18(27)28)10-13-8-6-5-7-9-13/h5-9,11-12,14-16,25H,10H2,1-4H3,(H,23,26)(H,27,28)/p-1/t14-,15+,16-/m1/s1. The molecule has 0 unspecified atom stereocenters. The van der Waals surface area contributed by atoms with E-state index in [2.05, 4.69) is 5.32 Å². The highest BCUT2D eigenvalue weighted by Crippen LogP contribution is 2.26. The van der Waals surface area contributed by atoms with Crippen molar-refractivity contribution in [3.8, 4) is 0 Å². The van der Waals surface area contributed by atoms with Gasteiger partial charge in [-0.15, -0.1) is 0 Å². The third kappa shape index (κ3) is 6.40. The molecule has 0 aliphatic carbocycles. The number of nitrogens with zero attached hydrogens (tertiary/aromatic N) is 1. The minimum Gasteiger partial charge on any atom is -0.530 e. The molecule has 0 spiro atoms. The van der Waals surface area contributed by atoms with Gasteiger partial charge in [-0.05, 0) is 17.4 Å². The number of alkyl halides is 3. The number of carboxylic acid groups (broad SMARTS) is 1.